The van der Waals surface area contributed by atoms with E-state index in [1.807, 2.05) is 0 Å². The first-order valence-electron chi connectivity index (χ1n) is 10.4. The van der Waals surface area contributed by atoms with Crippen LogP contribution in [0.1, 0.15) is 35.7 Å². The minimum atomic E-state index is -4.81. The standard InChI is InChI=1S/C23H21ClF5N3O3/c1-11(23(27,28)29)35-20-9-14(19(30)7-13(10-33)31-12-5-6-12)18(26)8-15(20)22(34)32-21-16(24)3-2-4-17(21)25/h2-4,7-9,11-12,33H,5-6,10,30H2,1H3,(H,32,34)/t11-/m0/s1. The fourth-order valence-electron chi connectivity index (χ4n) is 2.92. The largest absolute Gasteiger partial charge is 0.480 e. The number of amides is 1. The van der Waals surface area contributed by atoms with Gasteiger partial charge in [-0.05, 0) is 50.1 Å². The van der Waals surface area contributed by atoms with Gasteiger partial charge in [0.05, 0.1) is 34.6 Å². The molecule has 2 aromatic rings. The van der Waals surface area contributed by atoms with E-state index in [4.69, 9.17) is 22.1 Å². The molecule has 0 bridgehead atoms. The molecule has 35 heavy (non-hydrogen) atoms. The average molecular weight is 518 g/mol. The molecular weight excluding hydrogens is 497 g/mol. The van der Waals surface area contributed by atoms with E-state index in [1.54, 1.807) is 0 Å². The summed E-state index contributed by atoms with van der Waals surface area (Å²) in [5, 5.41) is 11.4. The Bertz CT molecular complexity index is 1160. The number of alkyl halides is 3. The second-order valence-electron chi connectivity index (χ2n) is 7.79. The predicted molar refractivity (Wildman–Crippen MR) is 122 cm³/mol. The van der Waals surface area contributed by atoms with Crippen LogP contribution in [0.2, 0.25) is 5.02 Å². The molecule has 0 radical (unpaired) electrons. The molecule has 1 aliphatic rings. The van der Waals surface area contributed by atoms with E-state index in [9.17, 15) is 31.9 Å². The molecular formula is C23H21ClF5N3O3. The predicted octanol–water partition coefficient (Wildman–Crippen LogP) is 5.10. The molecule has 1 amide bonds. The third-order valence-electron chi connectivity index (χ3n) is 4.97. The highest BCUT2D eigenvalue weighted by molar-refractivity contribution is 6.34. The Kier molecular flexibility index (Phi) is 8.01. The van der Waals surface area contributed by atoms with Crippen molar-refractivity contribution in [1.29, 1.82) is 0 Å². The fourth-order valence-corrected chi connectivity index (χ4v) is 3.13. The van der Waals surface area contributed by atoms with Gasteiger partial charge in [-0.1, -0.05) is 17.7 Å². The third kappa shape index (κ3) is 6.70. The van der Waals surface area contributed by atoms with Gasteiger partial charge in [0.2, 0.25) is 0 Å². The average Bonchev–Trinajstić information content (AvgIpc) is 3.59. The molecule has 4 N–H and O–H groups in total. The molecule has 0 aliphatic heterocycles. The first-order valence-corrected chi connectivity index (χ1v) is 10.8. The Morgan fingerprint density at radius 3 is 2.54 bits per heavy atom. The van der Waals surface area contributed by atoms with Crippen LogP contribution in [-0.2, 0) is 0 Å². The molecule has 2 aromatic carbocycles. The van der Waals surface area contributed by atoms with Gasteiger partial charge in [-0.3, -0.25) is 9.79 Å². The Morgan fingerprint density at radius 2 is 1.97 bits per heavy atom. The van der Waals surface area contributed by atoms with E-state index in [0.717, 1.165) is 25.0 Å². The quantitative estimate of drug-likeness (QED) is 0.335. The van der Waals surface area contributed by atoms with Gasteiger partial charge in [0, 0.05) is 11.3 Å². The van der Waals surface area contributed by atoms with Crippen LogP contribution in [0.4, 0.5) is 27.6 Å². The van der Waals surface area contributed by atoms with E-state index in [2.05, 4.69) is 10.3 Å². The van der Waals surface area contributed by atoms with Crippen LogP contribution < -0.4 is 15.8 Å². The zero-order valence-electron chi connectivity index (χ0n) is 18.3. The minimum absolute atomic E-state index is 0.0221. The molecule has 0 aromatic heterocycles. The van der Waals surface area contributed by atoms with E-state index in [0.29, 0.717) is 13.0 Å². The second-order valence-corrected chi connectivity index (χ2v) is 8.20. The molecule has 1 aliphatic carbocycles. The number of nitrogens with one attached hydrogen (secondary N) is 1. The smallest absolute Gasteiger partial charge is 0.425 e. The Labute approximate surface area is 202 Å². The number of benzene rings is 2. The van der Waals surface area contributed by atoms with Crippen molar-refractivity contribution in [3.05, 3.63) is 64.2 Å². The zero-order valence-corrected chi connectivity index (χ0v) is 19.1. The van der Waals surface area contributed by atoms with Gasteiger partial charge in [-0.15, -0.1) is 0 Å². The van der Waals surface area contributed by atoms with Crippen molar-refractivity contribution < 1.29 is 36.6 Å². The van der Waals surface area contributed by atoms with E-state index in [-0.39, 0.29) is 28.0 Å². The number of aliphatic imine (C=N–C) groups is 1. The van der Waals surface area contributed by atoms with Crippen molar-refractivity contribution >= 4 is 34.6 Å². The van der Waals surface area contributed by atoms with E-state index in [1.165, 1.54) is 18.2 Å². The molecule has 6 nitrogen and oxygen atoms in total. The molecule has 12 heteroatoms. The van der Waals surface area contributed by atoms with E-state index >= 15 is 0 Å². The lowest BCUT2D eigenvalue weighted by Crippen LogP contribution is -2.32. The summed E-state index contributed by atoms with van der Waals surface area (Å²) in [6.07, 6.45) is -4.34. The third-order valence-corrected chi connectivity index (χ3v) is 5.29. The molecule has 3 rings (SSSR count). The molecule has 0 heterocycles. The summed E-state index contributed by atoms with van der Waals surface area (Å²) in [5.74, 6) is -3.80. The molecule has 0 spiro atoms. The van der Waals surface area contributed by atoms with E-state index < -0.39 is 53.4 Å². The number of hydrogen-bond donors (Lipinski definition) is 3. The van der Waals surface area contributed by atoms with Crippen LogP contribution in [0.5, 0.6) is 5.75 Å². The number of carbonyl (C=O) groups excluding carboxylic acids is 1. The molecule has 0 saturated heterocycles. The van der Waals surface area contributed by atoms with Gasteiger partial charge < -0.3 is 20.9 Å². The zero-order chi connectivity index (χ0) is 25.9. The van der Waals surface area contributed by atoms with Crippen LogP contribution in [0, 0.1) is 11.6 Å². The minimum Gasteiger partial charge on any atom is -0.480 e. The summed E-state index contributed by atoms with van der Waals surface area (Å²) < 4.78 is 73.5. The van der Waals surface area contributed by atoms with Gasteiger partial charge in [-0.25, -0.2) is 8.78 Å². The van der Waals surface area contributed by atoms with Crippen molar-refractivity contribution in [3.8, 4) is 5.75 Å². The number of anilines is 1. The van der Waals surface area contributed by atoms with Gasteiger partial charge in [-0.2, -0.15) is 13.2 Å². The lowest BCUT2D eigenvalue weighted by Gasteiger charge is -2.21. The number of nitrogens with two attached hydrogens (primary N) is 1. The van der Waals surface area contributed by atoms with Crippen LogP contribution in [0.25, 0.3) is 5.70 Å². The molecule has 188 valence electrons. The molecule has 0 unspecified atom stereocenters. The first-order chi connectivity index (χ1) is 16.4. The highest BCUT2D eigenvalue weighted by Gasteiger charge is 2.39. The van der Waals surface area contributed by atoms with Crippen LogP contribution >= 0.6 is 11.6 Å². The maximum Gasteiger partial charge on any atom is 0.425 e. The van der Waals surface area contributed by atoms with Crippen molar-refractivity contribution in [1.82, 2.24) is 0 Å². The molecule has 1 atom stereocenters. The number of ether oxygens (including phenoxy) is 1. The SMILES string of the molecule is C[C@H](Oc1cc(C(N)=CC(CO)=NC2CC2)c(F)cc1C(=O)Nc1c(F)cccc1Cl)C(F)(F)F. The number of nitrogens with zero attached hydrogens (tertiary/aromatic N) is 1. The normalized spacial score (nSPS) is 15.7. The van der Waals surface area contributed by atoms with Gasteiger partial charge >= 0.3 is 6.18 Å². The summed E-state index contributed by atoms with van der Waals surface area (Å²) in [6, 6.07) is 5.03. The maximum atomic E-state index is 15.0. The highest BCUT2D eigenvalue weighted by Crippen LogP contribution is 2.33. The van der Waals surface area contributed by atoms with Crippen LogP contribution in [0.15, 0.2) is 41.4 Å². The first kappa shape index (κ1) is 26.4. The summed E-state index contributed by atoms with van der Waals surface area (Å²) in [5.41, 5.74) is 4.35. The number of carbonyl (C=O) groups is 1. The van der Waals surface area contributed by atoms with Gasteiger partial charge in [0.1, 0.15) is 17.4 Å². The van der Waals surface area contributed by atoms with Gasteiger partial charge in [0.15, 0.2) is 6.10 Å². The number of aliphatic hydroxyl groups is 1. The van der Waals surface area contributed by atoms with Crippen LogP contribution in [-0.4, -0.2) is 41.7 Å². The van der Waals surface area contributed by atoms with Crippen molar-refractivity contribution in [2.45, 2.75) is 38.1 Å². The number of hydrogen-bond acceptors (Lipinski definition) is 5. The lowest BCUT2D eigenvalue weighted by molar-refractivity contribution is -0.189. The fraction of sp³-hybridized carbons (Fsp3) is 0.304. The second kappa shape index (κ2) is 10.6. The number of halogens is 6. The molecule has 1 fully saturated rings. The monoisotopic (exact) mass is 517 g/mol. The lowest BCUT2D eigenvalue weighted by atomic mass is 10.0. The highest BCUT2D eigenvalue weighted by atomic mass is 35.5. The Balaban J connectivity index is 2.04. The van der Waals surface area contributed by atoms with Crippen molar-refractivity contribution in [2.24, 2.45) is 10.7 Å². The Hall–Kier alpha value is -3.18. The topological polar surface area (TPSA) is 96.9 Å². The summed E-state index contributed by atoms with van der Waals surface area (Å²) in [4.78, 5) is 17.0. The van der Waals surface area contributed by atoms with Crippen LogP contribution in [0.3, 0.4) is 0 Å². The summed E-state index contributed by atoms with van der Waals surface area (Å²) in [6.45, 7) is 0.209. The number of rotatable bonds is 8. The number of para-hydroxylation sites is 1. The maximum absolute atomic E-state index is 15.0. The summed E-state index contributed by atoms with van der Waals surface area (Å²) in [7, 11) is 0. The number of aliphatic hydroxyl groups excluding tert-OH is 1. The van der Waals surface area contributed by atoms with Crippen molar-refractivity contribution in [2.75, 3.05) is 11.9 Å². The van der Waals surface area contributed by atoms with Gasteiger partial charge in [0.25, 0.3) is 5.91 Å². The summed E-state index contributed by atoms with van der Waals surface area (Å²) >= 11 is 5.88. The Morgan fingerprint density at radius 1 is 1.29 bits per heavy atom. The van der Waals surface area contributed by atoms with Crippen molar-refractivity contribution in [3.63, 3.8) is 0 Å². The molecule has 1 saturated carbocycles.